The molecule has 0 aromatic heterocycles. The van der Waals surface area contributed by atoms with Gasteiger partial charge in [-0.15, -0.1) is 0 Å². The number of hydrogen-bond donors (Lipinski definition) is 2. The van der Waals surface area contributed by atoms with E-state index in [2.05, 4.69) is 31.8 Å². The number of amides is 2. The number of hydrazone groups is 1. The second kappa shape index (κ2) is 7.28. The molecule has 4 nitrogen and oxygen atoms in total. The third kappa shape index (κ3) is 4.67. The van der Waals surface area contributed by atoms with Gasteiger partial charge in [-0.25, -0.2) is 10.2 Å². The standard InChI is InChI=1S/C14H18BrN3O/c15-13-9-5-4-6-11(13)10-16-18-14(19)17-12-7-2-1-3-8-12/h4-6,9-10,12H,1-3,7-8H2,(H2,17,18,19). The van der Waals surface area contributed by atoms with Crippen LogP contribution in [0.3, 0.4) is 0 Å². The van der Waals surface area contributed by atoms with Crippen LogP contribution in [0.1, 0.15) is 37.7 Å². The molecule has 0 aliphatic heterocycles. The zero-order valence-electron chi connectivity index (χ0n) is 10.7. The lowest BCUT2D eigenvalue weighted by molar-refractivity contribution is 0.233. The van der Waals surface area contributed by atoms with Crippen LogP contribution in [0.15, 0.2) is 33.8 Å². The van der Waals surface area contributed by atoms with Crippen molar-refractivity contribution in [3.8, 4) is 0 Å². The second-order valence-electron chi connectivity index (χ2n) is 4.70. The molecule has 1 aliphatic rings. The molecule has 0 saturated heterocycles. The molecule has 2 rings (SSSR count). The Bertz CT molecular complexity index is 456. The van der Waals surface area contributed by atoms with E-state index in [1.54, 1.807) is 6.21 Å². The molecule has 0 unspecified atom stereocenters. The lowest BCUT2D eigenvalue weighted by Gasteiger charge is -2.22. The van der Waals surface area contributed by atoms with Crippen LogP contribution in [0.2, 0.25) is 0 Å². The number of carbonyl (C=O) groups excluding carboxylic acids is 1. The van der Waals surface area contributed by atoms with Gasteiger partial charge in [0.25, 0.3) is 0 Å². The van der Waals surface area contributed by atoms with E-state index < -0.39 is 0 Å². The first kappa shape index (κ1) is 14.1. The van der Waals surface area contributed by atoms with Gasteiger partial charge >= 0.3 is 6.03 Å². The van der Waals surface area contributed by atoms with Crippen LogP contribution in [0.5, 0.6) is 0 Å². The predicted octanol–water partition coefficient (Wildman–Crippen LogP) is 3.41. The molecule has 5 heteroatoms. The van der Waals surface area contributed by atoms with E-state index in [1.165, 1.54) is 19.3 Å². The molecule has 1 aliphatic carbocycles. The largest absolute Gasteiger partial charge is 0.335 e. The second-order valence-corrected chi connectivity index (χ2v) is 5.55. The zero-order chi connectivity index (χ0) is 13.5. The number of benzene rings is 1. The van der Waals surface area contributed by atoms with Gasteiger partial charge < -0.3 is 5.32 Å². The average Bonchev–Trinajstić information content (AvgIpc) is 2.42. The summed E-state index contributed by atoms with van der Waals surface area (Å²) in [5, 5.41) is 6.90. The summed E-state index contributed by atoms with van der Waals surface area (Å²) < 4.78 is 0.952. The van der Waals surface area contributed by atoms with Gasteiger partial charge in [-0.3, -0.25) is 0 Å². The van der Waals surface area contributed by atoms with Crippen molar-refractivity contribution in [1.29, 1.82) is 0 Å². The van der Waals surface area contributed by atoms with Crippen molar-refractivity contribution in [3.05, 3.63) is 34.3 Å². The fourth-order valence-electron chi connectivity index (χ4n) is 2.20. The SMILES string of the molecule is O=C(NN=Cc1ccccc1Br)NC1CCCCC1. The van der Waals surface area contributed by atoms with Gasteiger partial charge in [-0.05, 0) is 18.9 Å². The van der Waals surface area contributed by atoms with Gasteiger partial charge in [0, 0.05) is 16.1 Å². The molecule has 0 heterocycles. The Morgan fingerprint density at radius 2 is 2.00 bits per heavy atom. The first-order chi connectivity index (χ1) is 9.25. The Hall–Kier alpha value is -1.36. The van der Waals surface area contributed by atoms with E-state index in [1.807, 2.05) is 24.3 Å². The number of hydrogen-bond acceptors (Lipinski definition) is 2. The molecule has 1 fully saturated rings. The van der Waals surface area contributed by atoms with Crippen LogP contribution >= 0.6 is 15.9 Å². The maximum absolute atomic E-state index is 11.6. The minimum Gasteiger partial charge on any atom is -0.334 e. The summed E-state index contributed by atoms with van der Waals surface area (Å²) in [5.41, 5.74) is 3.44. The summed E-state index contributed by atoms with van der Waals surface area (Å²) in [7, 11) is 0. The van der Waals surface area contributed by atoms with Gasteiger partial charge in [-0.1, -0.05) is 53.4 Å². The molecular weight excluding hydrogens is 306 g/mol. The third-order valence-corrected chi connectivity index (χ3v) is 3.94. The van der Waals surface area contributed by atoms with E-state index in [-0.39, 0.29) is 6.03 Å². The van der Waals surface area contributed by atoms with Crippen LogP contribution < -0.4 is 10.7 Å². The van der Waals surface area contributed by atoms with E-state index in [4.69, 9.17) is 0 Å². The zero-order valence-corrected chi connectivity index (χ0v) is 12.3. The van der Waals surface area contributed by atoms with Gasteiger partial charge in [0.05, 0.1) is 6.21 Å². The van der Waals surface area contributed by atoms with Crippen molar-refractivity contribution in [2.45, 2.75) is 38.1 Å². The molecule has 102 valence electrons. The van der Waals surface area contributed by atoms with E-state index in [0.717, 1.165) is 22.9 Å². The minimum atomic E-state index is -0.227. The lowest BCUT2D eigenvalue weighted by atomic mass is 9.96. The Labute approximate surface area is 121 Å². The number of halogens is 1. The fraction of sp³-hybridized carbons (Fsp3) is 0.429. The van der Waals surface area contributed by atoms with Gasteiger partial charge in [0.15, 0.2) is 0 Å². The summed E-state index contributed by atoms with van der Waals surface area (Å²) in [6.45, 7) is 0. The lowest BCUT2D eigenvalue weighted by Crippen LogP contribution is -2.41. The van der Waals surface area contributed by atoms with Gasteiger partial charge in [-0.2, -0.15) is 5.10 Å². The highest BCUT2D eigenvalue weighted by molar-refractivity contribution is 9.10. The van der Waals surface area contributed by atoms with Crippen LogP contribution in [0.4, 0.5) is 4.79 Å². The van der Waals surface area contributed by atoms with E-state index in [0.29, 0.717) is 6.04 Å². The van der Waals surface area contributed by atoms with Gasteiger partial charge in [0.1, 0.15) is 0 Å². The Morgan fingerprint density at radius 3 is 2.74 bits per heavy atom. The highest BCUT2D eigenvalue weighted by atomic mass is 79.9. The van der Waals surface area contributed by atoms with Crippen LogP contribution in [0.25, 0.3) is 0 Å². The van der Waals surface area contributed by atoms with E-state index in [9.17, 15) is 4.79 Å². The quantitative estimate of drug-likeness (QED) is 0.650. The molecule has 2 amide bonds. The van der Waals surface area contributed by atoms with Crippen LogP contribution in [0, 0.1) is 0 Å². The van der Waals surface area contributed by atoms with Crippen molar-refractivity contribution in [2.24, 2.45) is 5.10 Å². The molecule has 1 saturated carbocycles. The molecule has 1 aromatic carbocycles. The number of nitrogens with zero attached hydrogens (tertiary/aromatic N) is 1. The predicted molar refractivity (Wildman–Crippen MR) is 80.3 cm³/mol. The van der Waals surface area contributed by atoms with Gasteiger partial charge in [0.2, 0.25) is 0 Å². The highest BCUT2D eigenvalue weighted by Crippen LogP contribution is 2.17. The number of nitrogens with one attached hydrogen (secondary N) is 2. The summed E-state index contributed by atoms with van der Waals surface area (Å²) in [5.74, 6) is 0. The first-order valence-corrected chi connectivity index (χ1v) is 7.39. The molecule has 0 radical (unpaired) electrons. The molecule has 0 atom stereocenters. The van der Waals surface area contributed by atoms with Crippen molar-refractivity contribution in [3.63, 3.8) is 0 Å². The summed E-state index contributed by atoms with van der Waals surface area (Å²) in [4.78, 5) is 11.6. The van der Waals surface area contributed by atoms with Crippen LogP contribution in [-0.4, -0.2) is 18.3 Å². The molecule has 1 aromatic rings. The first-order valence-electron chi connectivity index (χ1n) is 6.60. The monoisotopic (exact) mass is 323 g/mol. The third-order valence-electron chi connectivity index (χ3n) is 3.22. The fourth-order valence-corrected chi connectivity index (χ4v) is 2.59. The minimum absolute atomic E-state index is 0.227. The maximum atomic E-state index is 11.6. The number of carbonyl (C=O) groups is 1. The summed E-state index contributed by atoms with van der Waals surface area (Å²) >= 11 is 3.42. The Kier molecular flexibility index (Phi) is 5.39. The molecular formula is C14H18BrN3O. The maximum Gasteiger partial charge on any atom is 0.335 e. The average molecular weight is 324 g/mol. The Morgan fingerprint density at radius 1 is 1.26 bits per heavy atom. The smallest absolute Gasteiger partial charge is 0.334 e. The van der Waals surface area contributed by atoms with Crippen molar-refractivity contribution in [2.75, 3.05) is 0 Å². The molecule has 0 spiro atoms. The summed E-state index contributed by atoms with van der Waals surface area (Å²) in [6, 6.07) is 7.79. The number of urea groups is 1. The molecule has 2 N–H and O–H groups in total. The topological polar surface area (TPSA) is 53.5 Å². The molecule has 19 heavy (non-hydrogen) atoms. The Balaban J connectivity index is 1.78. The van der Waals surface area contributed by atoms with Crippen molar-refractivity contribution in [1.82, 2.24) is 10.7 Å². The van der Waals surface area contributed by atoms with Crippen molar-refractivity contribution < 1.29 is 4.79 Å². The van der Waals surface area contributed by atoms with Crippen molar-refractivity contribution >= 4 is 28.2 Å². The summed E-state index contributed by atoms with van der Waals surface area (Å²) in [6.07, 6.45) is 7.45. The van der Waals surface area contributed by atoms with E-state index >= 15 is 0 Å². The van der Waals surface area contributed by atoms with Crippen LogP contribution in [-0.2, 0) is 0 Å². The normalized spacial score (nSPS) is 16.5. The number of rotatable bonds is 3. The molecule has 0 bridgehead atoms. The highest BCUT2D eigenvalue weighted by Gasteiger charge is 2.14.